The van der Waals surface area contributed by atoms with Gasteiger partial charge in [-0.05, 0) is 29.7 Å². The van der Waals surface area contributed by atoms with Crippen LogP contribution in [0.2, 0.25) is 0 Å². The molecular formula is C12H11BrN2OS. The first kappa shape index (κ1) is 12.3. The smallest absolute Gasteiger partial charge is 0.258 e. The summed E-state index contributed by atoms with van der Waals surface area (Å²) in [4.78, 5) is 12.5. The number of hydrogen-bond acceptors (Lipinski definition) is 2. The van der Waals surface area contributed by atoms with Crippen molar-refractivity contribution in [1.82, 2.24) is 4.57 Å². The lowest BCUT2D eigenvalue weighted by molar-refractivity contribution is 0.702. The Balaban J connectivity index is 2.47. The minimum atomic E-state index is -0.00810. The van der Waals surface area contributed by atoms with Crippen LogP contribution in [-0.2, 0) is 6.54 Å². The number of benzene rings is 1. The molecule has 0 amide bonds. The van der Waals surface area contributed by atoms with Gasteiger partial charge in [-0.1, -0.05) is 28.1 Å². The Bertz CT molecular complexity index is 636. The number of nitrogens with zero attached hydrogens (tertiary/aromatic N) is 1. The van der Waals surface area contributed by atoms with E-state index in [-0.39, 0.29) is 5.56 Å². The number of nitrogens with two attached hydrogens (primary N) is 1. The molecule has 3 nitrogen and oxygen atoms in total. The van der Waals surface area contributed by atoms with E-state index in [0.717, 1.165) is 9.86 Å². The van der Waals surface area contributed by atoms with Crippen molar-refractivity contribution in [3.05, 3.63) is 45.3 Å². The number of aryl methyl sites for hydroxylation is 1. The van der Waals surface area contributed by atoms with E-state index in [4.69, 9.17) is 18.0 Å². The molecule has 1 heterocycles. The van der Waals surface area contributed by atoms with Gasteiger partial charge in [-0.25, -0.2) is 0 Å². The highest BCUT2D eigenvalue weighted by Gasteiger charge is 2.03. The molecule has 17 heavy (non-hydrogen) atoms. The summed E-state index contributed by atoms with van der Waals surface area (Å²) in [6.45, 7) is 0.528. The molecule has 88 valence electrons. The zero-order chi connectivity index (χ0) is 12.4. The van der Waals surface area contributed by atoms with Crippen molar-refractivity contribution in [2.24, 2.45) is 5.73 Å². The zero-order valence-electron chi connectivity index (χ0n) is 9.02. The predicted octanol–water partition coefficient (Wildman–Crippen LogP) is 2.44. The average Bonchev–Trinajstić information content (AvgIpc) is 2.27. The highest BCUT2D eigenvalue weighted by atomic mass is 79.9. The predicted molar refractivity (Wildman–Crippen MR) is 77.3 cm³/mol. The van der Waals surface area contributed by atoms with Gasteiger partial charge in [0.25, 0.3) is 5.56 Å². The van der Waals surface area contributed by atoms with E-state index in [1.807, 2.05) is 24.3 Å². The van der Waals surface area contributed by atoms with Crippen molar-refractivity contribution in [2.45, 2.75) is 13.0 Å². The molecule has 0 saturated carbocycles. The standard InChI is InChI=1S/C12H11BrN2OS/c13-9-1-2-10-8(7-9)3-5-15(12(10)16)6-4-11(14)17/h1-3,5,7H,4,6H2,(H2,14,17). The summed E-state index contributed by atoms with van der Waals surface area (Å²) in [5.74, 6) is 0. The van der Waals surface area contributed by atoms with Gasteiger partial charge in [-0.3, -0.25) is 4.79 Å². The van der Waals surface area contributed by atoms with E-state index in [1.54, 1.807) is 10.8 Å². The van der Waals surface area contributed by atoms with Crippen LogP contribution in [0.1, 0.15) is 6.42 Å². The summed E-state index contributed by atoms with van der Waals surface area (Å²) in [5, 5.41) is 1.63. The van der Waals surface area contributed by atoms with E-state index in [9.17, 15) is 4.79 Å². The monoisotopic (exact) mass is 310 g/mol. The van der Waals surface area contributed by atoms with Gasteiger partial charge in [-0.15, -0.1) is 0 Å². The summed E-state index contributed by atoms with van der Waals surface area (Å²) in [6, 6.07) is 7.52. The van der Waals surface area contributed by atoms with Gasteiger partial charge < -0.3 is 10.3 Å². The van der Waals surface area contributed by atoms with E-state index < -0.39 is 0 Å². The molecule has 0 spiro atoms. The first-order valence-corrected chi connectivity index (χ1v) is 6.35. The van der Waals surface area contributed by atoms with Crippen molar-refractivity contribution >= 4 is 43.9 Å². The fourth-order valence-corrected chi connectivity index (χ4v) is 2.14. The van der Waals surface area contributed by atoms with Gasteiger partial charge in [-0.2, -0.15) is 0 Å². The second-order valence-corrected chi connectivity index (χ2v) is 5.20. The van der Waals surface area contributed by atoms with Crippen LogP contribution in [0.15, 0.2) is 39.7 Å². The molecule has 2 aromatic rings. The number of aromatic nitrogens is 1. The van der Waals surface area contributed by atoms with E-state index in [2.05, 4.69) is 15.9 Å². The summed E-state index contributed by atoms with van der Waals surface area (Å²) < 4.78 is 2.60. The fourth-order valence-electron chi connectivity index (χ4n) is 1.67. The van der Waals surface area contributed by atoms with Gasteiger partial charge in [0.05, 0.1) is 4.99 Å². The molecule has 0 aliphatic carbocycles. The molecule has 2 N–H and O–H groups in total. The van der Waals surface area contributed by atoms with Crippen LogP contribution < -0.4 is 11.3 Å². The maximum absolute atomic E-state index is 12.1. The summed E-state index contributed by atoms with van der Waals surface area (Å²) in [7, 11) is 0. The quantitative estimate of drug-likeness (QED) is 0.886. The van der Waals surface area contributed by atoms with Gasteiger partial charge in [0.15, 0.2) is 0 Å². The molecule has 2 rings (SSSR count). The van der Waals surface area contributed by atoms with Gasteiger partial charge in [0, 0.05) is 29.0 Å². The van der Waals surface area contributed by atoms with Crippen molar-refractivity contribution in [2.75, 3.05) is 0 Å². The molecule has 5 heteroatoms. The highest BCUT2D eigenvalue weighted by molar-refractivity contribution is 9.10. The fraction of sp³-hybridized carbons (Fsp3) is 0.167. The normalized spacial score (nSPS) is 10.6. The molecule has 0 radical (unpaired) electrons. The third kappa shape index (κ3) is 2.73. The van der Waals surface area contributed by atoms with Crippen molar-refractivity contribution < 1.29 is 0 Å². The van der Waals surface area contributed by atoms with Gasteiger partial charge in [0.1, 0.15) is 0 Å². The molecule has 1 aromatic carbocycles. The maximum Gasteiger partial charge on any atom is 0.258 e. The molecule has 0 unspecified atom stereocenters. The minimum Gasteiger partial charge on any atom is -0.393 e. The van der Waals surface area contributed by atoms with Crippen LogP contribution >= 0.6 is 28.1 Å². The van der Waals surface area contributed by atoms with Gasteiger partial charge >= 0.3 is 0 Å². The van der Waals surface area contributed by atoms with Gasteiger partial charge in [0.2, 0.25) is 0 Å². The summed E-state index contributed by atoms with van der Waals surface area (Å²) in [5.41, 5.74) is 5.42. The third-order valence-electron chi connectivity index (χ3n) is 2.54. The molecule has 1 aromatic heterocycles. The Morgan fingerprint density at radius 3 is 2.88 bits per heavy atom. The third-order valence-corrected chi connectivity index (χ3v) is 3.24. The molecule has 0 aliphatic rings. The number of halogens is 1. The minimum absolute atomic E-state index is 0.00810. The Morgan fingerprint density at radius 1 is 1.41 bits per heavy atom. The largest absolute Gasteiger partial charge is 0.393 e. The lowest BCUT2D eigenvalue weighted by Crippen LogP contribution is -2.22. The van der Waals surface area contributed by atoms with Crippen molar-refractivity contribution in [3.8, 4) is 0 Å². The Morgan fingerprint density at radius 2 is 2.18 bits per heavy atom. The molecule has 0 atom stereocenters. The number of fused-ring (bicyclic) bond motifs is 1. The van der Waals surface area contributed by atoms with E-state index in [0.29, 0.717) is 23.3 Å². The maximum atomic E-state index is 12.1. The van der Waals surface area contributed by atoms with Crippen LogP contribution in [0.5, 0.6) is 0 Å². The molecular weight excluding hydrogens is 300 g/mol. The Kier molecular flexibility index (Phi) is 3.59. The number of thiocarbonyl (C=S) groups is 1. The second-order valence-electron chi connectivity index (χ2n) is 3.76. The molecule has 0 aliphatic heterocycles. The Hall–Kier alpha value is -1.20. The summed E-state index contributed by atoms with van der Waals surface area (Å²) in [6.07, 6.45) is 2.31. The number of pyridine rings is 1. The lowest BCUT2D eigenvalue weighted by Gasteiger charge is -2.06. The van der Waals surface area contributed by atoms with E-state index in [1.165, 1.54) is 0 Å². The number of hydrogen-bond donors (Lipinski definition) is 1. The Labute approximate surface area is 112 Å². The zero-order valence-corrected chi connectivity index (χ0v) is 11.4. The van der Waals surface area contributed by atoms with Crippen LogP contribution in [0, 0.1) is 0 Å². The first-order chi connectivity index (χ1) is 8.08. The highest BCUT2D eigenvalue weighted by Crippen LogP contribution is 2.16. The molecule has 0 saturated heterocycles. The molecule has 0 fully saturated rings. The van der Waals surface area contributed by atoms with E-state index >= 15 is 0 Å². The van der Waals surface area contributed by atoms with Crippen molar-refractivity contribution in [3.63, 3.8) is 0 Å². The van der Waals surface area contributed by atoms with Crippen LogP contribution in [-0.4, -0.2) is 9.56 Å². The molecule has 0 bridgehead atoms. The van der Waals surface area contributed by atoms with Crippen LogP contribution in [0.4, 0.5) is 0 Å². The number of rotatable bonds is 3. The second kappa shape index (κ2) is 4.98. The van der Waals surface area contributed by atoms with Crippen LogP contribution in [0.3, 0.4) is 0 Å². The average molecular weight is 311 g/mol. The lowest BCUT2D eigenvalue weighted by atomic mass is 10.2. The first-order valence-electron chi connectivity index (χ1n) is 5.15. The van der Waals surface area contributed by atoms with Crippen LogP contribution in [0.25, 0.3) is 10.8 Å². The topological polar surface area (TPSA) is 48.0 Å². The van der Waals surface area contributed by atoms with Crippen molar-refractivity contribution in [1.29, 1.82) is 0 Å². The SMILES string of the molecule is NC(=S)CCn1ccc2cc(Br)ccc2c1=O. The summed E-state index contributed by atoms with van der Waals surface area (Å²) >= 11 is 8.19.